The van der Waals surface area contributed by atoms with Crippen LogP contribution in [0.25, 0.3) is 0 Å². The van der Waals surface area contributed by atoms with Crippen LogP contribution < -0.4 is 5.32 Å². The number of rotatable bonds is 6. The van der Waals surface area contributed by atoms with Gasteiger partial charge in [-0.05, 0) is 24.6 Å². The minimum Gasteiger partial charge on any atom is -0.465 e. The Kier molecular flexibility index (Phi) is 6.34. The molecular formula is C17H17ClFNO3S. The van der Waals surface area contributed by atoms with E-state index in [1.54, 1.807) is 6.07 Å². The van der Waals surface area contributed by atoms with Crippen molar-refractivity contribution < 1.29 is 18.7 Å². The van der Waals surface area contributed by atoms with E-state index in [0.717, 1.165) is 17.7 Å². The van der Waals surface area contributed by atoms with Crippen molar-refractivity contribution in [1.82, 2.24) is 0 Å². The number of hydrogen-bond donors (Lipinski definition) is 1. The number of benzene rings is 1. The maximum Gasteiger partial charge on any atom is 0.340 e. The second kappa shape index (κ2) is 8.26. The predicted molar refractivity (Wildman–Crippen MR) is 93.4 cm³/mol. The van der Waals surface area contributed by atoms with Crippen molar-refractivity contribution in [2.45, 2.75) is 26.2 Å². The minimum atomic E-state index is -0.538. The van der Waals surface area contributed by atoms with Crippen LogP contribution in [0.4, 0.5) is 9.39 Å². The van der Waals surface area contributed by atoms with Crippen LogP contribution in [0.1, 0.15) is 34.1 Å². The van der Waals surface area contributed by atoms with Crippen LogP contribution >= 0.6 is 22.9 Å². The van der Waals surface area contributed by atoms with Crippen LogP contribution in [-0.4, -0.2) is 19.0 Å². The third-order valence-electron chi connectivity index (χ3n) is 3.34. The van der Waals surface area contributed by atoms with Crippen LogP contribution in [-0.2, 0) is 22.4 Å². The summed E-state index contributed by atoms with van der Waals surface area (Å²) in [6.45, 7) is 2.02. The number of aryl methyl sites for hydroxylation is 1. The Morgan fingerprint density at radius 1 is 1.38 bits per heavy atom. The molecule has 0 radical (unpaired) electrons. The van der Waals surface area contributed by atoms with Gasteiger partial charge in [0.15, 0.2) is 0 Å². The van der Waals surface area contributed by atoms with Crippen molar-refractivity contribution in [2.75, 3.05) is 12.4 Å². The third kappa shape index (κ3) is 4.33. The molecule has 2 rings (SSSR count). The summed E-state index contributed by atoms with van der Waals surface area (Å²) in [7, 11) is 1.28. The molecule has 0 saturated heterocycles. The first-order valence-electron chi connectivity index (χ1n) is 7.40. The first kappa shape index (κ1) is 18.4. The molecule has 1 aromatic heterocycles. The lowest BCUT2D eigenvalue weighted by Crippen LogP contribution is -2.16. The quantitative estimate of drug-likeness (QED) is 0.765. The van der Waals surface area contributed by atoms with Crippen molar-refractivity contribution in [3.8, 4) is 0 Å². The summed E-state index contributed by atoms with van der Waals surface area (Å²) in [6, 6.07) is 5.97. The standard InChI is InChI=1S/C17H17ClFNO3S/c1-3-5-10-8-12(17(22)23-2)16(24-10)20-15(21)9-11-13(18)6-4-7-14(11)19/h4,6-8H,3,5,9H2,1-2H3,(H,20,21). The van der Waals surface area contributed by atoms with E-state index in [2.05, 4.69) is 5.32 Å². The molecule has 128 valence electrons. The molecule has 24 heavy (non-hydrogen) atoms. The molecule has 0 saturated carbocycles. The van der Waals surface area contributed by atoms with Gasteiger partial charge in [-0.25, -0.2) is 9.18 Å². The summed E-state index contributed by atoms with van der Waals surface area (Å²) in [5.74, 6) is -1.51. The summed E-state index contributed by atoms with van der Waals surface area (Å²) < 4.78 is 18.5. The molecule has 1 heterocycles. The Bertz CT molecular complexity index is 740. The fourth-order valence-electron chi connectivity index (χ4n) is 2.20. The zero-order valence-electron chi connectivity index (χ0n) is 13.3. The first-order valence-corrected chi connectivity index (χ1v) is 8.59. The molecular weight excluding hydrogens is 353 g/mol. The summed E-state index contributed by atoms with van der Waals surface area (Å²) >= 11 is 7.25. The maximum absolute atomic E-state index is 13.8. The third-order valence-corrected chi connectivity index (χ3v) is 4.80. The number of anilines is 1. The molecule has 0 fully saturated rings. The number of carbonyl (C=O) groups excluding carboxylic acids is 2. The molecule has 0 aliphatic carbocycles. The van der Waals surface area contributed by atoms with Crippen molar-refractivity contribution >= 4 is 39.8 Å². The number of carbonyl (C=O) groups is 2. The summed E-state index contributed by atoms with van der Waals surface area (Å²) in [4.78, 5) is 25.1. The Balaban J connectivity index is 2.20. The normalized spacial score (nSPS) is 10.5. The fraction of sp³-hybridized carbons (Fsp3) is 0.294. The van der Waals surface area contributed by atoms with E-state index in [-0.39, 0.29) is 17.0 Å². The highest BCUT2D eigenvalue weighted by molar-refractivity contribution is 7.16. The highest BCUT2D eigenvalue weighted by Crippen LogP contribution is 2.30. The zero-order chi connectivity index (χ0) is 17.7. The number of nitrogens with one attached hydrogen (secondary N) is 1. The highest BCUT2D eigenvalue weighted by Gasteiger charge is 2.19. The molecule has 7 heteroatoms. The lowest BCUT2D eigenvalue weighted by molar-refractivity contribution is -0.115. The van der Waals surface area contributed by atoms with Crippen LogP contribution in [0.3, 0.4) is 0 Å². The summed E-state index contributed by atoms with van der Waals surface area (Å²) in [5.41, 5.74) is 0.431. The number of hydrogen-bond acceptors (Lipinski definition) is 4. The average Bonchev–Trinajstić information content (AvgIpc) is 2.93. The van der Waals surface area contributed by atoms with Crippen LogP contribution in [0.15, 0.2) is 24.3 Å². The molecule has 1 amide bonds. The van der Waals surface area contributed by atoms with Gasteiger partial charge in [0.25, 0.3) is 0 Å². The Morgan fingerprint density at radius 2 is 2.12 bits per heavy atom. The number of esters is 1. The molecule has 1 aromatic carbocycles. The maximum atomic E-state index is 13.8. The summed E-state index contributed by atoms with van der Waals surface area (Å²) in [5, 5.41) is 3.26. The van der Waals surface area contributed by atoms with E-state index in [9.17, 15) is 14.0 Å². The van der Waals surface area contributed by atoms with Crippen LogP contribution in [0.5, 0.6) is 0 Å². The van der Waals surface area contributed by atoms with Crippen molar-refractivity contribution in [3.05, 3.63) is 51.1 Å². The molecule has 0 aliphatic rings. The van der Waals surface area contributed by atoms with Gasteiger partial charge in [-0.15, -0.1) is 11.3 Å². The number of methoxy groups -OCH3 is 1. The fourth-order valence-corrected chi connectivity index (χ4v) is 3.59. The average molecular weight is 370 g/mol. The highest BCUT2D eigenvalue weighted by atomic mass is 35.5. The van der Waals surface area contributed by atoms with Gasteiger partial charge >= 0.3 is 5.97 Å². The molecule has 0 aliphatic heterocycles. The lowest BCUT2D eigenvalue weighted by Gasteiger charge is -2.07. The van der Waals surface area contributed by atoms with E-state index in [1.165, 1.54) is 36.6 Å². The van der Waals surface area contributed by atoms with E-state index < -0.39 is 17.7 Å². The molecule has 0 spiro atoms. The Morgan fingerprint density at radius 3 is 2.75 bits per heavy atom. The van der Waals surface area contributed by atoms with E-state index in [0.29, 0.717) is 10.6 Å². The number of halogens is 2. The predicted octanol–water partition coefficient (Wildman–Crippen LogP) is 4.46. The SMILES string of the molecule is CCCc1cc(C(=O)OC)c(NC(=O)Cc2c(F)cccc2Cl)s1. The Labute approximate surface area is 148 Å². The molecule has 2 aromatic rings. The van der Waals surface area contributed by atoms with Gasteiger partial charge < -0.3 is 10.1 Å². The largest absolute Gasteiger partial charge is 0.465 e. The smallest absolute Gasteiger partial charge is 0.340 e. The molecule has 4 nitrogen and oxygen atoms in total. The van der Waals surface area contributed by atoms with Crippen molar-refractivity contribution in [2.24, 2.45) is 0 Å². The molecule has 0 bridgehead atoms. The lowest BCUT2D eigenvalue weighted by atomic mass is 10.1. The van der Waals surface area contributed by atoms with Crippen LogP contribution in [0, 0.1) is 5.82 Å². The second-order valence-corrected chi connectivity index (χ2v) is 6.67. The minimum absolute atomic E-state index is 0.127. The van der Waals surface area contributed by atoms with Gasteiger partial charge in [0.1, 0.15) is 10.8 Å². The van der Waals surface area contributed by atoms with Gasteiger partial charge in [0.05, 0.1) is 19.1 Å². The zero-order valence-corrected chi connectivity index (χ0v) is 14.9. The van der Waals surface area contributed by atoms with Gasteiger partial charge in [-0.2, -0.15) is 0 Å². The number of thiophene rings is 1. The number of amides is 1. The van der Waals surface area contributed by atoms with Gasteiger partial charge in [-0.3, -0.25) is 4.79 Å². The number of ether oxygens (including phenoxy) is 1. The topological polar surface area (TPSA) is 55.4 Å². The van der Waals surface area contributed by atoms with E-state index >= 15 is 0 Å². The van der Waals surface area contributed by atoms with Crippen molar-refractivity contribution in [3.63, 3.8) is 0 Å². The van der Waals surface area contributed by atoms with Gasteiger partial charge in [0, 0.05) is 15.5 Å². The first-order chi connectivity index (χ1) is 11.5. The van der Waals surface area contributed by atoms with Crippen LogP contribution in [0.2, 0.25) is 5.02 Å². The molecule has 1 N–H and O–H groups in total. The molecule has 0 unspecified atom stereocenters. The van der Waals surface area contributed by atoms with E-state index in [1.807, 2.05) is 6.92 Å². The monoisotopic (exact) mass is 369 g/mol. The van der Waals surface area contributed by atoms with Crippen molar-refractivity contribution in [1.29, 1.82) is 0 Å². The van der Waals surface area contributed by atoms with Gasteiger partial charge in [-0.1, -0.05) is 31.0 Å². The Hall–Kier alpha value is -1.92. The summed E-state index contributed by atoms with van der Waals surface area (Å²) in [6.07, 6.45) is 1.50. The van der Waals surface area contributed by atoms with E-state index in [4.69, 9.17) is 16.3 Å². The van der Waals surface area contributed by atoms with Gasteiger partial charge in [0.2, 0.25) is 5.91 Å². The second-order valence-electron chi connectivity index (χ2n) is 5.12. The molecule has 0 atom stereocenters.